The fraction of sp³-hybridized carbons (Fsp3) is 0.267. The van der Waals surface area contributed by atoms with E-state index in [0.717, 1.165) is 4.90 Å². The lowest BCUT2D eigenvalue weighted by Crippen LogP contribution is -2.39. The molecule has 2 rings (SSSR count). The van der Waals surface area contributed by atoms with Crippen LogP contribution in [0.4, 0.5) is 4.79 Å². The molecule has 0 saturated carbocycles. The van der Waals surface area contributed by atoms with Gasteiger partial charge in [-0.2, -0.15) is 0 Å². The molecular weight excluding hydrogens is 310 g/mol. The van der Waals surface area contributed by atoms with Crippen LogP contribution in [0.3, 0.4) is 0 Å². The molecule has 0 N–H and O–H groups in total. The molecule has 116 valence electrons. The van der Waals surface area contributed by atoms with Crippen LogP contribution < -0.4 is 0 Å². The van der Waals surface area contributed by atoms with E-state index in [1.54, 1.807) is 42.5 Å². The SMILES string of the molecule is O=CN1C(=O)O[C@H](/C=C/CCl)[C@@H]1COC(=O)c1ccccc1. The van der Waals surface area contributed by atoms with Crippen molar-refractivity contribution in [3.05, 3.63) is 48.0 Å². The fourth-order valence-electron chi connectivity index (χ4n) is 2.02. The first-order valence-electron chi connectivity index (χ1n) is 6.56. The summed E-state index contributed by atoms with van der Waals surface area (Å²) in [6, 6.07) is 7.71. The Morgan fingerprint density at radius 1 is 1.36 bits per heavy atom. The first-order chi connectivity index (χ1) is 10.7. The molecule has 1 fully saturated rings. The van der Waals surface area contributed by atoms with Gasteiger partial charge in [0, 0.05) is 5.88 Å². The molecule has 0 spiro atoms. The van der Waals surface area contributed by atoms with Gasteiger partial charge in [-0.05, 0) is 18.2 Å². The Labute approximate surface area is 132 Å². The molecule has 2 amide bonds. The standard InChI is InChI=1S/C15H14ClNO5/c16-8-4-7-13-12(17(10-18)15(20)22-13)9-21-14(19)11-5-2-1-3-6-11/h1-7,10,12-13H,8-9H2/b7-4+/t12-,13+/m0/s1. The van der Waals surface area contributed by atoms with Crippen molar-refractivity contribution in [2.75, 3.05) is 12.5 Å². The fourth-order valence-corrected chi connectivity index (χ4v) is 2.12. The monoisotopic (exact) mass is 323 g/mol. The van der Waals surface area contributed by atoms with Crippen LogP contribution in [0.25, 0.3) is 0 Å². The van der Waals surface area contributed by atoms with Gasteiger partial charge in [-0.25, -0.2) is 14.5 Å². The summed E-state index contributed by atoms with van der Waals surface area (Å²) in [6.07, 6.45) is 2.05. The molecular formula is C15H14ClNO5. The van der Waals surface area contributed by atoms with Crippen LogP contribution in [0.1, 0.15) is 10.4 Å². The van der Waals surface area contributed by atoms with Crippen molar-refractivity contribution in [1.29, 1.82) is 0 Å². The van der Waals surface area contributed by atoms with Gasteiger partial charge in [0.2, 0.25) is 6.41 Å². The number of allylic oxidation sites excluding steroid dienone is 1. The zero-order valence-electron chi connectivity index (χ0n) is 11.6. The normalized spacial score (nSPS) is 21.0. The number of esters is 1. The predicted molar refractivity (Wildman–Crippen MR) is 78.5 cm³/mol. The molecule has 0 aromatic heterocycles. The van der Waals surface area contributed by atoms with Crippen molar-refractivity contribution in [3.63, 3.8) is 0 Å². The van der Waals surface area contributed by atoms with Gasteiger partial charge in [-0.15, -0.1) is 11.6 Å². The number of halogens is 1. The maximum atomic E-state index is 11.9. The topological polar surface area (TPSA) is 72.9 Å². The predicted octanol–water partition coefficient (Wildman–Crippen LogP) is 1.98. The van der Waals surface area contributed by atoms with E-state index in [1.807, 2.05) is 0 Å². The van der Waals surface area contributed by atoms with E-state index in [1.165, 1.54) is 0 Å². The van der Waals surface area contributed by atoms with Crippen LogP contribution in [0, 0.1) is 0 Å². The Balaban J connectivity index is 2.04. The second-order valence-electron chi connectivity index (χ2n) is 4.48. The number of imide groups is 1. The van der Waals surface area contributed by atoms with E-state index >= 15 is 0 Å². The number of benzene rings is 1. The highest BCUT2D eigenvalue weighted by Gasteiger charge is 2.41. The van der Waals surface area contributed by atoms with Crippen molar-refractivity contribution in [2.45, 2.75) is 12.1 Å². The van der Waals surface area contributed by atoms with Crippen molar-refractivity contribution < 1.29 is 23.9 Å². The van der Waals surface area contributed by atoms with E-state index in [0.29, 0.717) is 12.0 Å². The highest BCUT2D eigenvalue weighted by atomic mass is 35.5. The zero-order chi connectivity index (χ0) is 15.9. The quantitative estimate of drug-likeness (QED) is 0.346. The summed E-state index contributed by atoms with van der Waals surface area (Å²) in [5, 5.41) is 0. The van der Waals surface area contributed by atoms with Gasteiger partial charge in [0.25, 0.3) is 0 Å². The lowest BCUT2D eigenvalue weighted by molar-refractivity contribution is -0.117. The third-order valence-corrected chi connectivity index (χ3v) is 3.29. The van der Waals surface area contributed by atoms with Gasteiger partial charge >= 0.3 is 12.1 Å². The van der Waals surface area contributed by atoms with Gasteiger partial charge in [0.1, 0.15) is 18.8 Å². The summed E-state index contributed by atoms with van der Waals surface area (Å²) in [7, 11) is 0. The van der Waals surface area contributed by atoms with Gasteiger partial charge in [0.15, 0.2) is 0 Å². The summed E-state index contributed by atoms with van der Waals surface area (Å²) in [5.74, 6) is -0.295. The maximum Gasteiger partial charge on any atom is 0.417 e. The third kappa shape index (κ3) is 3.65. The summed E-state index contributed by atoms with van der Waals surface area (Å²) in [4.78, 5) is 35.3. The Morgan fingerprint density at radius 3 is 2.73 bits per heavy atom. The molecule has 7 heteroatoms. The summed E-state index contributed by atoms with van der Waals surface area (Å²) in [5.41, 5.74) is 0.387. The summed E-state index contributed by atoms with van der Waals surface area (Å²) in [6.45, 7) is -0.157. The van der Waals surface area contributed by atoms with Crippen molar-refractivity contribution in [1.82, 2.24) is 4.90 Å². The smallest absolute Gasteiger partial charge is 0.417 e. The number of nitrogens with zero attached hydrogens (tertiary/aromatic N) is 1. The first kappa shape index (κ1) is 16.0. The summed E-state index contributed by atoms with van der Waals surface area (Å²) >= 11 is 5.55. The number of amides is 2. The molecule has 0 aliphatic carbocycles. The van der Waals surface area contributed by atoms with Gasteiger partial charge in [0.05, 0.1) is 5.56 Å². The molecule has 1 aliphatic rings. The van der Waals surface area contributed by atoms with E-state index in [-0.39, 0.29) is 12.5 Å². The molecule has 0 bridgehead atoms. The maximum absolute atomic E-state index is 11.9. The van der Waals surface area contributed by atoms with Crippen LogP contribution in [-0.2, 0) is 14.3 Å². The Morgan fingerprint density at radius 2 is 2.09 bits per heavy atom. The van der Waals surface area contributed by atoms with Crippen LogP contribution in [0.2, 0.25) is 0 Å². The molecule has 1 saturated heterocycles. The lowest BCUT2D eigenvalue weighted by Gasteiger charge is -2.18. The Kier molecular flexibility index (Phi) is 5.55. The van der Waals surface area contributed by atoms with Crippen LogP contribution in [0.15, 0.2) is 42.5 Å². The van der Waals surface area contributed by atoms with Crippen molar-refractivity contribution in [2.24, 2.45) is 0 Å². The van der Waals surface area contributed by atoms with Crippen LogP contribution >= 0.6 is 11.6 Å². The van der Waals surface area contributed by atoms with Crippen LogP contribution in [-0.4, -0.2) is 48.0 Å². The number of ether oxygens (including phenoxy) is 2. The van der Waals surface area contributed by atoms with Gasteiger partial charge < -0.3 is 9.47 Å². The minimum absolute atomic E-state index is 0.157. The molecule has 0 unspecified atom stereocenters. The average molecular weight is 324 g/mol. The second kappa shape index (κ2) is 7.61. The first-order valence-corrected chi connectivity index (χ1v) is 7.10. The minimum atomic E-state index is -0.778. The lowest BCUT2D eigenvalue weighted by atomic mass is 10.1. The molecule has 6 nitrogen and oxygen atoms in total. The average Bonchev–Trinajstić information content (AvgIpc) is 2.86. The largest absolute Gasteiger partial charge is 0.460 e. The molecule has 1 aromatic rings. The number of carbonyl (C=O) groups excluding carboxylic acids is 3. The molecule has 1 aromatic carbocycles. The van der Waals surface area contributed by atoms with Gasteiger partial charge in [-0.3, -0.25) is 4.79 Å². The minimum Gasteiger partial charge on any atom is -0.460 e. The molecule has 0 radical (unpaired) electrons. The second-order valence-corrected chi connectivity index (χ2v) is 4.78. The van der Waals surface area contributed by atoms with Crippen LogP contribution in [0.5, 0.6) is 0 Å². The van der Waals surface area contributed by atoms with E-state index in [2.05, 4.69) is 0 Å². The third-order valence-electron chi connectivity index (χ3n) is 3.11. The Hall–Kier alpha value is -2.34. The number of cyclic esters (lactones) is 1. The zero-order valence-corrected chi connectivity index (χ0v) is 12.3. The molecule has 1 aliphatic heterocycles. The number of rotatable bonds is 6. The van der Waals surface area contributed by atoms with E-state index < -0.39 is 24.2 Å². The number of hydrogen-bond donors (Lipinski definition) is 0. The summed E-state index contributed by atoms with van der Waals surface area (Å²) < 4.78 is 10.2. The number of carbonyl (C=O) groups is 3. The molecule has 22 heavy (non-hydrogen) atoms. The molecule has 1 heterocycles. The van der Waals surface area contributed by atoms with Crippen molar-refractivity contribution in [3.8, 4) is 0 Å². The highest BCUT2D eigenvalue weighted by molar-refractivity contribution is 6.18. The number of alkyl halides is 1. The van der Waals surface area contributed by atoms with E-state index in [9.17, 15) is 14.4 Å². The highest BCUT2D eigenvalue weighted by Crippen LogP contribution is 2.20. The van der Waals surface area contributed by atoms with E-state index in [4.69, 9.17) is 21.1 Å². The number of hydrogen-bond acceptors (Lipinski definition) is 5. The Bertz CT molecular complexity index is 575. The van der Waals surface area contributed by atoms with Crippen molar-refractivity contribution >= 4 is 30.1 Å². The molecule has 2 atom stereocenters. The van der Waals surface area contributed by atoms with Gasteiger partial charge in [-0.1, -0.05) is 24.3 Å².